The maximum absolute atomic E-state index is 12.8. The average molecular weight is 436 g/mol. The van der Waals surface area contributed by atoms with Crippen LogP contribution in [0.3, 0.4) is 0 Å². The van der Waals surface area contributed by atoms with Gasteiger partial charge < -0.3 is 19.9 Å². The van der Waals surface area contributed by atoms with Crippen LogP contribution in [0.2, 0.25) is 0 Å². The van der Waals surface area contributed by atoms with Crippen LogP contribution in [0.1, 0.15) is 35.1 Å². The summed E-state index contributed by atoms with van der Waals surface area (Å²) in [6.45, 7) is 8.03. The number of aromatic nitrogens is 1. The van der Waals surface area contributed by atoms with Crippen LogP contribution in [-0.4, -0.2) is 34.3 Å². The van der Waals surface area contributed by atoms with Crippen molar-refractivity contribution < 1.29 is 4.74 Å². The minimum Gasteiger partial charge on any atom is -0.376 e. The molecule has 2 heterocycles. The molecule has 162 valence electrons. The number of hydrogen-bond acceptors (Lipinski definition) is 3. The van der Waals surface area contributed by atoms with Crippen molar-refractivity contribution in [1.82, 2.24) is 9.88 Å². The lowest BCUT2D eigenvalue weighted by atomic mass is 10.1. The van der Waals surface area contributed by atoms with E-state index in [0.717, 1.165) is 47.2 Å². The third kappa shape index (κ3) is 5.14. The van der Waals surface area contributed by atoms with Gasteiger partial charge in [-0.05, 0) is 80.5 Å². The van der Waals surface area contributed by atoms with Crippen molar-refractivity contribution in [2.45, 2.75) is 46.3 Å². The van der Waals surface area contributed by atoms with Crippen LogP contribution < -0.4 is 10.9 Å². The predicted molar refractivity (Wildman–Crippen MR) is 131 cm³/mol. The molecule has 0 aliphatic carbocycles. The molecule has 1 aliphatic heterocycles. The van der Waals surface area contributed by atoms with E-state index in [2.05, 4.69) is 47.2 Å². The van der Waals surface area contributed by atoms with E-state index in [1.54, 1.807) is 0 Å². The Morgan fingerprint density at radius 1 is 1.16 bits per heavy atom. The number of aryl methyl sites for hydroxylation is 3. The van der Waals surface area contributed by atoms with E-state index < -0.39 is 0 Å². The summed E-state index contributed by atoms with van der Waals surface area (Å²) < 4.78 is 5.86. The molecular weight excluding hydrogens is 406 g/mol. The highest BCUT2D eigenvalue weighted by Crippen LogP contribution is 2.20. The molecule has 1 aromatic heterocycles. The van der Waals surface area contributed by atoms with Crippen LogP contribution in [0.25, 0.3) is 10.9 Å². The zero-order chi connectivity index (χ0) is 22.0. The first-order chi connectivity index (χ1) is 14.9. The molecule has 5 nitrogen and oxygen atoms in total. The molecule has 0 unspecified atom stereocenters. The Kier molecular flexibility index (Phi) is 6.39. The molecule has 0 saturated carbocycles. The van der Waals surface area contributed by atoms with Crippen LogP contribution in [0, 0.1) is 20.8 Å². The molecule has 1 atom stereocenters. The third-order valence-corrected chi connectivity index (χ3v) is 6.16. The molecule has 0 spiro atoms. The molecule has 3 aromatic rings. The van der Waals surface area contributed by atoms with Crippen molar-refractivity contribution in [3.8, 4) is 0 Å². The van der Waals surface area contributed by atoms with E-state index in [9.17, 15) is 4.79 Å². The number of rotatable bonds is 5. The zero-order valence-corrected chi connectivity index (χ0v) is 19.1. The first kappa shape index (κ1) is 21.5. The van der Waals surface area contributed by atoms with E-state index >= 15 is 0 Å². The van der Waals surface area contributed by atoms with Gasteiger partial charge in [0, 0.05) is 29.9 Å². The highest BCUT2D eigenvalue weighted by Gasteiger charge is 2.22. The van der Waals surface area contributed by atoms with Crippen LogP contribution in [0.15, 0.2) is 47.3 Å². The summed E-state index contributed by atoms with van der Waals surface area (Å²) in [4.78, 5) is 17.9. The Morgan fingerprint density at radius 3 is 2.68 bits per heavy atom. The van der Waals surface area contributed by atoms with Gasteiger partial charge in [-0.25, -0.2) is 0 Å². The molecule has 2 aromatic carbocycles. The fourth-order valence-corrected chi connectivity index (χ4v) is 4.33. The normalized spacial score (nSPS) is 15.9. The van der Waals surface area contributed by atoms with Gasteiger partial charge in [-0.15, -0.1) is 0 Å². The monoisotopic (exact) mass is 435 g/mol. The van der Waals surface area contributed by atoms with Crippen molar-refractivity contribution in [3.63, 3.8) is 0 Å². The van der Waals surface area contributed by atoms with E-state index in [1.807, 2.05) is 31.2 Å². The second-order valence-electron chi connectivity index (χ2n) is 8.48. The number of anilines is 1. The molecule has 0 amide bonds. The second kappa shape index (κ2) is 9.20. The minimum absolute atomic E-state index is 0.0789. The Labute approximate surface area is 188 Å². The number of ether oxygens (including phenoxy) is 1. The minimum atomic E-state index is -0.0789. The summed E-state index contributed by atoms with van der Waals surface area (Å²) in [6, 6.07) is 14.3. The number of nitrogens with zero attached hydrogens (tertiary/aromatic N) is 1. The predicted octanol–water partition coefficient (Wildman–Crippen LogP) is 4.83. The number of benzene rings is 2. The molecular formula is C25H29N3O2S. The van der Waals surface area contributed by atoms with Gasteiger partial charge in [0.25, 0.3) is 5.56 Å². The third-order valence-electron chi connectivity index (χ3n) is 5.80. The van der Waals surface area contributed by atoms with E-state index in [4.69, 9.17) is 17.0 Å². The van der Waals surface area contributed by atoms with Gasteiger partial charge in [-0.1, -0.05) is 29.8 Å². The first-order valence-corrected chi connectivity index (χ1v) is 11.2. The largest absolute Gasteiger partial charge is 0.376 e. The molecule has 1 fully saturated rings. The van der Waals surface area contributed by atoms with Gasteiger partial charge in [0.05, 0.1) is 12.6 Å². The Morgan fingerprint density at radius 2 is 1.94 bits per heavy atom. The number of nitrogens with one attached hydrogen (secondary N) is 2. The lowest BCUT2D eigenvalue weighted by Gasteiger charge is -2.28. The van der Waals surface area contributed by atoms with Gasteiger partial charge in [-0.3, -0.25) is 4.79 Å². The van der Waals surface area contributed by atoms with E-state index in [1.165, 1.54) is 5.56 Å². The van der Waals surface area contributed by atoms with Crippen molar-refractivity contribution in [2.24, 2.45) is 0 Å². The maximum Gasteiger partial charge on any atom is 0.253 e. The van der Waals surface area contributed by atoms with Crippen molar-refractivity contribution in [2.75, 3.05) is 18.5 Å². The summed E-state index contributed by atoms with van der Waals surface area (Å²) in [5.74, 6) is 0. The fourth-order valence-electron chi connectivity index (χ4n) is 4.08. The molecule has 4 rings (SSSR count). The zero-order valence-electron chi connectivity index (χ0n) is 18.3. The molecule has 1 aliphatic rings. The molecule has 2 N–H and O–H groups in total. The van der Waals surface area contributed by atoms with Gasteiger partial charge in [0.15, 0.2) is 5.11 Å². The quantitative estimate of drug-likeness (QED) is 0.562. The van der Waals surface area contributed by atoms with Crippen LogP contribution >= 0.6 is 12.2 Å². The van der Waals surface area contributed by atoms with Crippen molar-refractivity contribution in [1.29, 1.82) is 0 Å². The van der Waals surface area contributed by atoms with E-state index in [-0.39, 0.29) is 11.7 Å². The van der Waals surface area contributed by atoms with Gasteiger partial charge >= 0.3 is 0 Å². The lowest BCUT2D eigenvalue weighted by molar-refractivity contribution is 0.0904. The number of hydrogen-bond donors (Lipinski definition) is 2. The van der Waals surface area contributed by atoms with Crippen LogP contribution in [-0.2, 0) is 11.3 Å². The van der Waals surface area contributed by atoms with Crippen molar-refractivity contribution in [3.05, 3.63) is 75.1 Å². The Hall–Kier alpha value is -2.70. The Bertz CT molecular complexity index is 1170. The lowest BCUT2D eigenvalue weighted by Crippen LogP contribution is -2.40. The molecule has 6 heteroatoms. The summed E-state index contributed by atoms with van der Waals surface area (Å²) >= 11 is 5.79. The molecule has 0 bridgehead atoms. The fraction of sp³-hybridized carbons (Fsp3) is 0.360. The number of aromatic amines is 1. The Balaban J connectivity index is 1.60. The average Bonchev–Trinajstić information content (AvgIpc) is 3.23. The first-order valence-electron chi connectivity index (χ1n) is 10.8. The summed E-state index contributed by atoms with van der Waals surface area (Å²) in [5, 5.41) is 5.01. The topological polar surface area (TPSA) is 57.4 Å². The molecule has 0 radical (unpaired) electrons. The van der Waals surface area contributed by atoms with E-state index in [0.29, 0.717) is 23.8 Å². The number of fused-ring (bicyclic) bond motifs is 1. The van der Waals surface area contributed by atoms with Gasteiger partial charge in [0.2, 0.25) is 0 Å². The van der Waals surface area contributed by atoms with Crippen molar-refractivity contribution >= 4 is 33.9 Å². The smallest absolute Gasteiger partial charge is 0.253 e. The van der Waals surface area contributed by atoms with Crippen LogP contribution in [0.4, 0.5) is 5.69 Å². The second-order valence-corrected chi connectivity index (χ2v) is 8.87. The standard InChI is InChI=1S/C25H29N3O2S/c1-16-7-9-22(18(3)11-16)27-25(31)28(15-21-5-4-10-30-21)14-20-13-19-8-6-17(2)12-23(19)26-24(20)29/h6-9,11-13,21H,4-5,10,14-15H2,1-3H3,(H,26,29)(H,27,31)/t21-/m1/s1. The summed E-state index contributed by atoms with van der Waals surface area (Å²) in [7, 11) is 0. The van der Waals surface area contributed by atoms with Gasteiger partial charge in [0.1, 0.15) is 0 Å². The maximum atomic E-state index is 12.8. The highest BCUT2D eigenvalue weighted by molar-refractivity contribution is 7.80. The summed E-state index contributed by atoms with van der Waals surface area (Å²) in [6.07, 6.45) is 2.20. The summed E-state index contributed by atoms with van der Waals surface area (Å²) in [5.41, 5.74) is 5.92. The number of H-pyrrole nitrogens is 1. The van der Waals surface area contributed by atoms with Crippen LogP contribution in [0.5, 0.6) is 0 Å². The number of thiocarbonyl (C=S) groups is 1. The SMILES string of the molecule is Cc1ccc(NC(=S)N(Cc2cc3ccc(C)cc3[nH]c2=O)C[C@H]2CCCO2)c(C)c1. The number of pyridine rings is 1. The van der Waals surface area contributed by atoms with Gasteiger partial charge in [-0.2, -0.15) is 0 Å². The molecule has 1 saturated heterocycles. The highest BCUT2D eigenvalue weighted by atomic mass is 32.1. The molecule has 31 heavy (non-hydrogen) atoms.